The fourth-order valence-corrected chi connectivity index (χ4v) is 2.55. The molecule has 0 fully saturated rings. The highest BCUT2D eigenvalue weighted by Crippen LogP contribution is 2.36. The number of nitrogens with one attached hydrogen (secondary N) is 1. The lowest BCUT2D eigenvalue weighted by atomic mass is 10.0. The minimum atomic E-state index is -5.04. The molecule has 0 unspecified atom stereocenters. The molecular weight excluding hydrogens is 390 g/mol. The topological polar surface area (TPSA) is 64.3 Å². The first-order valence-electron chi connectivity index (χ1n) is 8.03. The molecule has 0 heterocycles. The first-order valence-corrected chi connectivity index (χ1v) is 8.03. The van der Waals surface area contributed by atoms with Gasteiger partial charge in [0.2, 0.25) is 0 Å². The van der Waals surface area contributed by atoms with Crippen molar-refractivity contribution in [1.82, 2.24) is 0 Å². The number of hydrogen-bond donors (Lipinski definition) is 2. The second kappa shape index (κ2) is 8.51. The van der Waals surface area contributed by atoms with Crippen molar-refractivity contribution in [2.75, 3.05) is 19.0 Å². The third kappa shape index (κ3) is 4.56. The minimum absolute atomic E-state index is 0.0106. The first-order chi connectivity index (χ1) is 13.1. The molecule has 0 spiro atoms. The molecule has 2 aromatic carbocycles. The highest BCUT2D eigenvalue weighted by Gasteiger charge is 2.36. The highest BCUT2D eigenvalue weighted by molar-refractivity contribution is 5.97. The number of carbonyl (C=O) groups is 1. The van der Waals surface area contributed by atoms with Crippen LogP contribution in [0.5, 0.6) is 0 Å². The number of nitrogens with two attached hydrogens (primary N) is 1. The largest absolute Gasteiger partial charge is 0.465 e. The molecule has 0 aromatic heterocycles. The second-order valence-electron chi connectivity index (χ2n) is 5.77. The number of esters is 1. The Bertz CT molecular complexity index is 883. The van der Waals surface area contributed by atoms with E-state index < -0.39 is 46.4 Å². The molecule has 0 bridgehead atoms. The van der Waals surface area contributed by atoms with Crippen molar-refractivity contribution in [3.05, 3.63) is 58.4 Å². The van der Waals surface area contributed by atoms with Crippen LogP contribution in [0, 0.1) is 17.5 Å². The van der Waals surface area contributed by atoms with Crippen LogP contribution in [0.2, 0.25) is 0 Å². The standard InChI is InChI=1S/C18H16F6N2O2/c1-28-17(27)10-7-13(20)11(18(22,23)24)8-15(10)26-14-5-4-12(19)16(21)9(14)3-2-6-25/h4-5,7-8,26H,2-3,6,25H2,1H3. The summed E-state index contributed by atoms with van der Waals surface area (Å²) in [5, 5.41) is 2.46. The molecule has 3 N–H and O–H groups in total. The predicted molar refractivity (Wildman–Crippen MR) is 89.8 cm³/mol. The molecule has 28 heavy (non-hydrogen) atoms. The van der Waals surface area contributed by atoms with E-state index in [0.29, 0.717) is 12.1 Å². The summed E-state index contributed by atoms with van der Waals surface area (Å²) >= 11 is 0. The summed E-state index contributed by atoms with van der Waals surface area (Å²) in [5.41, 5.74) is 2.47. The van der Waals surface area contributed by atoms with Gasteiger partial charge in [-0.15, -0.1) is 0 Å². The van der Waals surface area contributed by atoms with E-state index in [1.807, 2.05) is 0 Å². The van der Waals surface area contributed by atoms with Crippen LogP contribution in [0.3, 0.4) is 0 Å². The van der Waals surface area contributed by atoms with Crippen molar-refractivity contribution in [1.29, 1.82) is 0 Å². The predicted octanol–water partition coefficient (Wildman–Crippen LogP) is 4.54. The van der Waals surface area contributed by atoms with Crippen LogP contribution in [-0.4, -0.2) is 19.6 Å². The Morgan fingerprint density at radius 2 is 1.79 bits per heavy atom. The Kier molecular flexibility index (Phi) is 6.55. The molecule has 0 saturated carbocycles. The summed E-state index contributed by atoms with van der Waals surface area (Å²) in [6.45, 7) is 0.164. The van der Waals surface area contributed by atoms with Gasteiger partial charge in [0.15, 0.2) is 11.6 Å². The summed E-state index contributed by atoms with van der Waals surface area (Å²) in [6.07, 6.45) is -4.77. The van der Waals surface area contributed by atoms with Crippen molar-refractivity contribution in [3.8, 4) is 0 Å². The summed E-state index contributed by atoms with van der Waals surface area (Å²) in [4.78, 5) is 11.9. The van der Waals surface area contributed by atoms with Crippen LogP contribution in [0.25, 0.3) is 0 Å². The Balaban J connectivity index is 2.62. The number of ether oxygens (including phenoxy) is 1. The first kappa shape index (κ1) is 21.5. The van der Waals surface area contributed by atoms with E-state index in [1.54, 1.807) is 0 Å². The van der Waals surface area contributed by atoms with Gasteiger partial charge in [0, 0.05) is 11.3 Å². The van der Waals surface area contributed by atoms with E-state index in [0.717, 1.165) is 19.2 Å². The molecule has 2 aromatic rings. The SMILES string of the molecule is COC(=O)c1cc(F)c(C(F)(F)F)cc1Nc1ccc(F)c(F)c1CCCN. The molecule has 152 valence electrons. The zero-order chi connectivity index (χ0) is 21.1. The van der Waals surface area contributed by atoms with Gasteiger partial charge in [0.05, 0.1) is 23.9 Å². The molecule has 0 aliphatic rings. The Labute approximate surface area is 156 Å². The van der Waals surface area contributed by atoms with Crippen LogP contribution < -0.4 is 11.1 Å². The lowest BCUT2D eigenvalue weighted by molar-refractivity contribution is -0.139. The summed E-state index contributed by atoms with van der Waals surface area (Å²) in [5.74, 6) is -5.13. The molecular formula is C18H16F6N2O2. The van der Waals surface area contributed by atoms with E-state index in [-0.39, 0.29) is 30.6 Å². The van der Waals surface area contributed by atoms with Crippen molar-refractivity contribution >= 4 is 17.3 Å². The van der Waals surface area contributed by atoms with Gasteiger partial charge >= 0.3 is 12.1 Å². The molecule has 0 saturated heterocycles. The molecule has 0 atom stereocenters. The van der Waals surface area contributed by atoms with Crippen LogP contribution in [0.15, 0.2) is 24.3 Å². The van der Waals surface area contributed by atoms with E-state index in [9.17, 15) is 31.1 Å². The molecule has 2 rings (SSSR count). The maximum absolute atomic E-state index is 14.2. The molecule has 0 radical (unpaired) electrons. The Morgan fingerprint density at radius 3 is 2.36 bits per heavy atom. The number of methoxy groups -OCH3 is 1. The average molecular weight is 406 g/mol. The van der Waals surface area contributed by atoms with E-state index in [1.165, 1.54) is 0 Å². The Morgan fingerprint density at radius 1 is 1.11 bits per heavy atom. The lowest BCUT2D eigenvalue weighted by Crippen LogP contribution is -2.14. The van der Waals surface area contributed by atoms with E-state index in [4.69, 9.17) is 5.73 Å². The fraction of sp³-hybridized carbons (Fsp3) is 0.278. The Hall–Kier alpha value is -2.75. The number of hydrogen-bond acceptors (Lipinski definition) is 4. The highest BCUT2D eigenvalue weighted by atomic mass is 19.4. The number of rotatable bonds is 6. The monoisotopic (exact) mass is 406 g/mol. The third-order valence-corrected chi connectivity index (χ3v) is 3.91. The lowest BCUT2D eigenvalue weighted by Gasteiger charge is -2.18. The van der Waals surface area contributed by atoms with Gasteiger partial charge in [-0.25, -0.2) is 18.0 Å². The fourth-order valence-electron chi connectivity index (χ4n) is 2.55. The third-order valence-electron chi connectivity index (χ3n) is 3.91. The summed E-state index contributed by atoms with van der Waals surface area (Å²) < 4.78 is 85.1. The van der Waals surface area contributed by atoms with Crippen molar-refractivity contribution in [3.63, 3.8) is 0 Å². The maximum atomic E-state index is 14.2. The number of halogens is 6. The van der Waals surface area contributed by atoms with Crippen LogP contribution in [0.4, 0.5) is 37.7 Å². The molecule has 0 aliphatic heterocycles. The summed E-state index contributed by atoms with van der Waals surface area (Å²) in [7, 11) is 0.964. The van der Waals surface area contributed by atoms with Crippen LogP contribution in [0.1, 0.15) is 27.9 Å². The van der Waals surface area contributed by atoms with Crippen molar-refractivity contribution < 1.29 is 35.9 Å². The van der Waals surface area contributed by atoms with Gasteiger partial charge in [-0.1, -0.05) is 0 Å². The minimum Gasteiger partial charge on any atom is -0.465 e. The van der Waals surface area contributed by atoms with Crippen molar-refractivity contribution in [2.45, 2.75) is 19.0 Å². The normalized spacial score (nSPS) is 11.4. The van der Waals surface area contributed by atoms with Crippen LogP contribution in [-0.2, 0) is 17.3 Å². The van der Waals surface area contributed by atoms with Gasteiger partial charge < -0.3 is 15.8 Å². The van der Waals surface area contributed by atoms with Crippen molar-refractivity contribution in [2.24, 2.45) is 5.73 Å². The zero-order valence-corrected chi connectivity index (χ0v) is 14.6. The average Bonchev–Trinajstić information content (AvgIpc) is 2.63. The number of carbonyl (C=O) groups excluding carboxylic acids is 1. The molecule has 0 amide bonds. The van der Waals surface area contributed by atoms with Gasteiger partial charge in [-0.3, -0.25) is 0 Å². The van der Waals surface area contributed by atoms with E-state index in [2.05, 4.69) is 10.1 Å². The number of anilines is 2. The number of alkyl halides is 3. The zero-order valence-electron chi connectivity index (χ0n) is 14.6. The van der Waals surface area contributed by atoms with Gasteiger partial charge in [0.25, 0.3) is 0 Å². The second-order valence-corrected chi connectivity index (χ2v) is 5.77. The molecule has 4 nitrogen and oxygen atoms in total. The van der Waals surface area contributed by atoms with Gasteiger partial charge in [-0.2, -0.15) is 13.2 Å². The number of benzene rings is 2. The van der Waals surface area contributed by atoms with Gasteiger partial charge in [-0.05, 0) is 43.7 Å². The van der Waals surface area contributed by atoms with E-state index >= 15 is 0 Å². The molecule has 10 heteroatoms. The maximum Gasteiger partial charge on any atom is 0.419 e. The quantitative estimate of drug-likeness (QED) is 0.546. The smallest absolute Gasteiger partial charge is 0.419 e. The molecule has 0 aliphatic carbocycles. The van der Waals surface area contributed by atoms with Crippen LogP contribution >= 0.6 is 0 Å². The van der Waals surface area contributed by atoms with Gasteiger partial charge in [0.1, 0.15) is 5.82 Å². The summed E-state index contributed by atoms with van der Waals surface area (Å²) in [6, 6.07) is 2.61.